The SMILES string of the molecule is O=C1N(CCN2CCN(c3ccc(Cl)cc3)CC2)CC2COc3ccccc3N12. The van der Waals surface area contributed by atoms with Crippen LogP contribution in [0.15, 0.2) is 48.5 Å². The molecule has 1 unspecified atom stereocenters. The van der Waals surface area contributed by atoms with E-state index >= 15 is 0 Å². The number of nitrogens with zero attached hydrogens (tertiary/aromatic N) is 4. The number of rotatable bonds is 4. The van der Waals surface area contributed by atoms with Crippen LogP contribution in [0.5, 0.6) is 5.75 Å². The first-order chi connectivity index (χ1) is 14.2. The molecule has 0 N–H and O–H groups in total. The fourth-order valence-electron chi connectivity index (χ4n) is 4.44. The van der Waals surface area contributed by atoms with E-state index in [4.69, 9.17) is 16.3 Å². The molecule has 152 valence electrons. The van der Waals surface area contributed by atoms with Crippen LogP contribution in [-0.4, -0.2) is 74.3 Å². The van der Waals surface area contributed by atoms with Crippen molar-refractivity contribution in [3.05, 3.63) is 53.6 Å². The van der Waals surface area contributed by atoms with Crippen LogP contribution in [0.3, 0.4) is 0 Å². The van der Waals surface area contributed by atoms with Gasteiger partial charge >= 0.3 is 6.03 Å². The van der Waals surface area contributed by atoms with Gasteiger partial charge in [-0.2, -0.15) is 0 Å². The predicted molar refractivity (Wildman–Crippen MR) is 115 cm³/mol. The summed E-state index contributed by atoms with van der Waals surface area (Å²) in [6, 6.07) is 16.1. The molecule has 0 bridgehead atoms. The zero-order valence-corrected chi connectivity index (χ0v) is 17.1. The van der Waals surface area contributed by atoms with Gasteiger partial charge in [-0.3, -0.25) is 9.80 Å². The van der Waals surface area contributed by atoms with Crippen LogP contribution in [0.25, 0.3) is 0 Å². The first-order valence-corrected chi connectivity index (χ1v) is 10.6. The molecule has 1 atom stereocenters. The second kappa shape index (κ2) is 7.76. The summed E-state index contributed by atoms with van der Waals surface area (Å²) in [5.41, 5.74) is 2.12. The molecule has 2 aromatic rings. The zero-order chi connectivity index (χ0) is 19.8. The zero-order valence-electron chi connectivity index (χ0n) is 16.3. The van der Waals surface area contributed by atoms with Crippen molar-refractivity contribution in [2.45, 2.75) is 6.04 Å². The van der Waals surface area contributed by atoms with Crippen molar-refractivity contribution in [2.75, 3.05) is 62.2 Å². The lowest BCUT2D eigenvalue weighted by molar-refractivity contribution is 0.198. The molecule has 2 amide bonds. The minimum Gasteiger partial charge on any atom is -0.489 e. The van der Waals surface area contributed by atoms with Gasteiger partial charge in [0.15, 0.2) is 0 Å². The quantitative estimate of drug-likeness (QED) is 0.773. The largest absolute Gasteiger partial charge is 0.489 e. The molecule has 0 saturated carbocycles. The molecule has 0 aromatic heterocycles. The number of ether oxygens (including phenoxy) is 1. The van der Waals surface area contributed by atoms with E-state index in [-0.39, 0.29) is 12.1 Å². The molecule has 3 heterocycles. The number of hydrogen-bond acceptors (Lipinski definition) is 4. The minimum absolute atomic E-state index is 0.102. The lowest BCUT2D eigenvalue weighted by Crippen LogP contribution is -2.48. The standard InChI is InChI=1S/C22H25ClN4O2/c23-17-5-7-18(8-6-17)25-12-9-24(10-13-25)11-14-26-15-19-16-29-21-4-2-1-3-20(21)27(19)22(26)28/h1-8,19H,9-16H2. The molecule has 6 nitrogen and oxygen atoms in total. The number of carbonyl (C=O) groups is 1. The van der Waals surface area contributed by atoms with Gasteiger partial charge in [-0.25, -0.2) is 4.79 Å². The average molecular weight is 413 g/mol. The molecule has 2 saturated heterocycles. The highest BCUT2D eigenvalue weighted by Crippen LogP contribution is 2.37. The summed E-state index contributed by atoms with van der Waals surface area (Å²) in [5, 5.41) is 0.770. The molecule has 2 fully saturated rings. The van der Waals surface area contributed by atoms with E-state index in [2.05, 4.69) is 21.9 Å². The minimum atomic E-state index is 0.102. The van der Waals surface area contributed by atoms with E-state index < -0.39 is 0 Å². The van der Waals surface area contributed by atoms with Crippen molar-refractivity contribution in [3.8, 4) is 5.75 Å². The number of para-hydroxylation sites is 2. The molecule has 7 heteroatoms. The fraction of sp³-hybridized carbons (Fsp3) is 0.409. The molecule has 0 radical (unpaired) electrons. The summed E-state index contributed by atoms with van der Waals surface area (Å²) >= 11 is 5.99. The highest BCUT2D eigenvalue weighted by Gasteiger charge is 2.42. The molecular formula is C22H25ClN4O2. The van der Waals surface area contributed by atoms with Crippen LogP contribution in [0.1, 0.15) is 0 Å². The Bertz CT molecular complexity index is 883. The van der Waals surface area contributed by atoms with Crippen LogP contribution in [0, 0.1) is 0 Å². The second-order valence-corrected chi connectivity index (χ2v) is 8.27. The Morgan fingerprint density at radius 1 is 0.966 bits per heavy atom. The van der Waals surface area contributed by atoms with Gasteiger partial charge in [0, 0.05) is 56.5 Å². The molecular weight excluding hydrogens is 388 g/mol. The smallest absolute Gasteiger partial charge is 0.325 e. The van der Waals surface area contributed by atoms with E-state index in [1.165, 1.54) is 5.69 Å². The number of fused-ring (bicyclic) bond motifs is 3. The second-order valence-electron chi connectivity index (χ2n) is 7.84. The highest BCUT2D eigenvalue weighted by molar-refractivity contribution is 6.30. The lowest BCUT2D eigenvalue weighted by Gasteiger charge is -2.36. The van der Waals surface area contributed by atoms with Crippen LogP contribution < -0.4 is 14.5 Å². The Labute approximate surface area is 176 Å². The van der Waals surface area contributed by atoms with Crippen LogP contribution in [0.2, 0.25) is 5.02 Å². The Balaban J connectivity index is 1.15. The molecule has 0 spiro atoms. The van der Waals surface area contributed by atoms with Gasteiger partial charge < -0.3 is 14.5 Å². The Kier molecular flexibility index (Phi) is 4.97. The average Bonchev–Trinajstić information content (AvgIpc) is 3.09. The van der Waals surface area contributed by atoms with Crippen molar-refractivity contribution in [3.63, 3.8) is 0 Å². The Hall–Kier alpha value is -2.44. The summed E-state index contributed by atoms with van der Waals surface area (Å²) < 4.78 is 5.84. The number of piperazine rings is 1. The number of benzene rings is 2. The molecule has 0 aliphatic carbocycles. The van der Waals surface area contributed by atoms with Gasteiger partial charge in [0.2, 0.25) is 0 Å². The van der Waals surface area contributed by atoms with E-state index in [1.807, 2.05) is 46.2 Å². The van der Waals surface area contributed by atoms with Crippen molar-refractivity contribution in [2.24, 2.45) is 0 Å². The van der Waals surface area contributed by atoms with Crippen molar-refractivity contribution >= 4 is 29.0 Å². The lowest BCUT2D eigenvalue weighted by atomic mass is 10.2. The predicted octanol–water partition coefficient (Wildman–Crippen LogP) is 3.17. The number of hydrogen-bond donors (Lipinski definition) is 0. The third-order valence-corrected chi connectivity index (χ3v) is 6.33. The summed E-state index contributed by atoms with van der Waals surface area (Å²) in [6.07, 6.45) is 0. The van der Waals surface area contributed by atoms with Gasteiger partial charge in [0.1, 0.15) is 12.4 Å². The number of halogens is 1. The van der Waals surface area contributed by atoms with Crippen LogP contribution >= 0.6 is 11.6 Å². The van der Waals surface area contributed by atoms with E-state index in [1.54, 1.807) is 0 Å². The maximum absolute atomic E-state index is 13.0. The number of carbonyl (C=O) groups excluding carboxylic acids is 1. The normalized spacial score (nSPS) is 21.8. The summed E-state index contributed by atoms with van der Waals surface area (Å²) in [4.78, 5) is 21.7. The van der Waals surface area contributed by atoms with Crippen molar-refractivity contribution in [1.29, 1.82) is 0 Å². The maximum atomic E-state index is 13.0. The fourth-order valence-corrected chi connectivity index (χ4v) is 4.57. The monoisotopic (exact) mass is 412 g/mol. The van der Waals surface area contributed by atoms with E-state index in [0.717, 1.165) is 62.3 Å². The van der Waals surface area contributed by atoms with Crippen LogP contribution in [-0.2, 0) is 0 Å². The third-order valence-electron chi connectivity index (χ3n) is 6.08. The summed E-state index contributed by atoms with van der Waals surface area (Å²) in [5.74, 6) is 0.803. The molecule has 5 rings (SSSR count). The summed E-state index contributed by atoms with van der Waals surface area (Å²) in [7, 11) is 0. The molecule has 2 aromatic carbocycles. The first kappa shape index (κ1) is 18.6. The summed E-state index contributed by atoms with van der Waals surface area (Å²) in [6.45, 7) is 6.96. The first-order valence-electron chi connectivity index (χ1n) is 10.2. The third kappa shape index (κ3) is 3.63. The molecule has 29 heavy (non-hydrogen) atoms. The van der Waals surface area contributed by atoms with Gasteiger partial charge in [-0.05, 0) is 36.4 Å². The highest BCUT2D eigenvalue weighted by atomic mass is 35.5. The Morgan fingerprint density at radius 3 is 2.52 bits per heavy atom. The van der Waals surface area contributed by atoms with Gasteiger partial charge in [-0.15, -0.1) is 0 Å². The van der Waals surface area contributed by atoms with Crippen molar-refractivity contribution in [1.82, 2.24) is 9.80 Å². The molecule has 3 aliphatic rings. The molecule has 3 aliphatic heterocycles. The number of amides is 2. The van der Waals surface area contributed by atoms with Gasteiger partial charge in [0.25, 0.3) is 0 Å². The number of urea groups is 1. The number of anilines is 2. The van der Waals surface area contributed by atoms with E-state index in [9.17, 15) is 4.79 Å². The topological polar surface area (TPSA) is 39.3 Å². The van der Waals surface area contributed by atoms with Crippen molar-refractivity contribution < 1.29 is 9.53 Å². The van der Waals surface area contributed by atoms with Gasteiger partial charge in [-0.1, -0.05) is 23.7 Å². The van der Waals surface area contributed by atoms with Gasteiger partial charge in [0.05, 0.1) is 11.7 Å². The Morgan fingerprint density at radius 2 is 1.72 bits per heavy atom. The van der Waals surface area contributed by atoms with E-state index in [0.29, 0.717) is 6.61 Å². The van der Waals surface area contributed by atoms with Crippen LogP contribution in [0.4, 0.5) is 16.2 Å². The maximum Gasteiger partial charge on any atom is 0.325 e.